The Bertz CT molecular complexity index is 531. The summed E-state index contributed by atoms with van der Waals surface area (Å²) >= 11 is 3.73. The maximum Gasteiger partial charge on any atom is 0.339 e. The van der Waals surface area contributed by atoms with Crippen LogP contribution in [0.1, 0.15) is 26.3 Å². The highest BCUT2D eigenvalue weighted by atomic mass is 35.5. The van der Waals surface area contributed by atoms with Gasteiger partial charge >= 0.3 is 5.97 Å². The van der Waals surface area contributed by atoms with E-state index in [0.29, 0.717) is 0 Å². The first-order chi connectivity index (χ1) is 8.38. The van der Waals surface area contributed by atoms with Gasteiger partial charge in [0.15, 0.2) is 11.1 Å². The number of amides is 1. The van der Waals surface area contributed by atoms with Crippen LogP contribution in [0.25, 0.3) is 0 Å². The van der Waals surface area contributed by atoms with Gasteiger partial charge < -0.3 is 15.0 Å². The number of carbonyl (C=O) groups excluding carboxylic acids is 2. The van der Waals surface area contributed by atoms with Crippen molar-refractivity contribution in [1.29, 1.82) is 0 Å². The molecule has 0 heterocycles. The monoisotopic (exact) mass is 291 g/mol. The fourth-order valence-electron chi connectivity index (χ4n) is 1.40. The summed E-state index contributed by atoms with van der Waals surface area (Å²) in [4.78, 5) is 22.7. The van der Waals surface area contributed by atoms with Gasteiger partial charge in [0, 0.05) is 0 Å². The maximum atomic E-state index is 11.4. The van der Waals surface area contributed by atoms with Gasteiger partial charge in [0.05, 0.1) is 29.0 Å². The van der Waals surface area contributed by atoms with Gasteiger partial charge in [-0.1, -0.05) is 17.7 Å². The number of primary amides is 1. The first-order valence-electron chi connectivity index (χ1n) is 4.65. The van der Waals surface area contributed by atoms with Crippen LogP contribution in [0.4, 0.5) is 0 Å². The minimum Gasteiger partial charge on any atom is -0.465 e. The van der Waals surface area contributed by atoms with Gasteiger partial charge in [-0.15, -0.1) is 0 Å². The molecule has 1 atom stereocenters. The third-order valence-electron chi connectivity index (χ3n) is 2.16. The quantitative estimate of drug-likeness (QED) is 0.634. The molecule has 0 saturated heterocycles. The van der Waals surface area contributed by atoms with Crippen LogP contribution in [0.5, 0.6) is 0 Å². The van der Waals surface area contributed by atoms with Crippen LogP contribution in [0.3, 0.4) is 0 Å². The second kappa shape index (κ2) is 5.94. The molecule has 1 unspecified atom stereocenters. The van der Waals surface area contributed by atoms with Crippen molar-refractivity contribution in [3.05, 3.63) is 33.8 Å². The lowest BCUT2D eigenvalue weighted by atomic mass is 10.0. The zero-order valence-corrected chi connectivity index (χ0v) is 10.9. The highest BCUT2D eigenvalue weighted by Crippen LogP contribution is 2.26. The summed E-state index contributed by atoms with van der Waals surface area (Å²) in [6, 6.07) is 2.65. The zero-order valence-electron chi connectivity index (χ0n) is 9.31. The van der Waals surface area contributed by atoms with Gasteiger partial charge in [-0.05, 0) is 11.6 Å². The lowest BCUT2D eigenvalue weighted by Gasteiger charge is -2.10. The van der Waals surface area contributed by atoms with Gasteiger partial charge in [0.25, 0.3) is 5.91 Å². The topological polar surface area (TPSA) is 107 Å². The van der Waals surface area contributed by atoms with E-state index in [0.717, 1.165) is 0 Å². The van der Waals surface area contributed by atoms with Crippen molar-refractivity contribution in [2.24, 2.45) is 5.73 Å². The molecule has 0 aliphatic carbocycles. The lowest BCUT2D eigenvalue weighted by molar-refractivity contribution is 0.0601. The lowest BCUT2D eigenvalue weighted by Crippen LogP contribution is -2.17. The molecule has 0 radical (unpaired) electrons. The normalized spacial score (nSPS) is 11.9. The van der Waals surface area contributed by atoms with Crippen LogP contribution in [0.15, 0.2) is 12.1 Å². The number of esters is 1. The van der Waals surface area contributed by atoms with E-state index in [1.165, 1.54) is 19.2 Å². The Morgan fingerprint density at radius 3 is 2.56 bits per heavy atom. The van der Waals surface area contributed by atoms with Crippen molar-refractivity contribution < 1.29 is 23.1 Å². The van der Waals surface area contributed by atoms with Crippen molar-refractivity contribution in [2.75, 3.05) is 7.11 Å². The van der Waals surface area contributed by atoms with Crippen LogP contribution >= 0.6 is 11.6 Å². The predicted molar refractivity (Wildman–Crippen MR) is 65.8 cm³/mol. The fourth-order valence-corrected chi connectivity index (χ4v) is 2.26. The molecule has 1 amide bonds. The number of rotatable bonds is 4. The van der Waals surface area contributed by atoms with E-state index >= 15 is 0 Å². The van der Waals surface area contributed by atoms with Crippen molar-refractivity contribution in [3.63, 3.8) is 0 Å². The molecule has 18 heavy (non-hydrogen) atoms. The molecule has 1 aromatic rings. The second-order valence-electron chi connectivity index (χ2n) is 3.28. The number of hydrogen-bond acceptors (Lipinski definition) is 4. The molecule has 6 nitrogen and oxygen atoms in total. The Balaban J connectivity index is 3.42. The number of halogens is 1. The number of carbonyl (C=O) groups is 2. The van der Waals surface area contributed by atoms with Gasteiger partial charge in [0.2, 0.25) is 0 Å². The van der Waals surface area contributed by atoms with Crippen LogP contribution in [-0.4, -0.2) is 27.7 Å². The van der Waals surface area contributed by atoms with Crippen molar-refractivity contribution >= 4 is 34.6 Å². The van der Waals surface area contributed by atoms with E-state index < -0.39 is 23.0 Å². The SMILES string of the molecule is COC(=O)c1ccc(CS(=O)O)c(C(N)=O)c1Cl. The van der Waals surface area contributed by atoms with Gasteiger partial charge in [-0.3, -0.25) is 4.79 Å². The van der Waals surface area contributed by atoms with Crippen LogP contribution in [0.2, 0.25) is 5.02 Å². The highest BCUT2D eigenvalue weighted by molar-refractivity contribution is 7.78. The molecule has 98 valence electrons. The Morgan fingerprint density at radius 2 is 2.11 bits per heavy atom. The van der Waals surface area contributed by atoms with E-state index in [9.17, 15) is 13.8 Å². The second-order valence-corrected chi connectivity index (χ2v) is 4.59. The first-order valence-corrected chi connectivity index (χ1v) is 6.30. The zero-order chi connectivity index (χ0) is 13.9. The number of benzene rings is 1. The molecule has 3 N–H and O–H groups in total. The molecule has 0 aliphatic heterocycles. The van der Waals surface area contributed by atoms with Gasteiger partial charge in [0.1, 0.15) is 0 Å². The third kappa shape index (κ3) is 3.06. The first kappa shape index (κ1) is 14.6. The summed E-state index contributed by atoms with van der Waals surface area (Å²) in [5.41, 5.74) is 5.16. The molecule has 0 bridgehead atoms. The summed E-state index contributed by atoms with van der Waals surface area (Å²) in [5.74, 6) is -1.91. The minimum absolute atomic E-state index is 0.0274. The molecule has 1 aromatic carbocycles. The van der Waals surface area contributed by atoms with Crippen LogP contribution in [-0.2, 0) is 21.6 Å². The number of ether oxygens (including phenoxy) is 1. The summed E-state index contributed by atoms with van der Waals surface area (Å²) in [6.07, 6.45) is 0. The molecule has 0 spiro atoms. The summed E-state index contributed by atoms with van der Waals surface area (Å²) < 4.78 is 24.1. The molecular formula is C10H10ClNO5S. The van der Waals surface area contributed by atoms with Crippen molar-refractivity contribution in [3.8, 4) is 0 Å². The summed E-state index contributed by atoms with van der Waals surface area (Å²) in [6.45, 7) is 0. The molecule has 0 aromatic heterocycles. The Hall–Kier alpha value is -1.44. The smallest absolute Gasteiger partial charge is 0.339 e. The van der Waals surface area contributed by atoms with E-state index in [2.05, 4.69) is 4.74 Å². The van der Waals surface area contributed by atoms with Crippen LogP contribution in [0, 0.1) is 0 Å². The Labute approximate surface area is 110 Å². The Kier molecular flexibility index (Phi) is 4.83. The largest absolute Gasteiger partial charge is 0.465 e. The third-order valence-corrected chi connectivity index (χ3v) is 3.11. The van der Waals surface area contributed by atoms with Crippen molar-refractivity contribution in [1.82, 2.24) is 0 Å². The maximum absolute atomic E-state index is 11.4. The van der Waals surface area contributed by atoms with Gasteiger partial charge in [-0.25, -0.2) is 9.00 Å². The molecule has 0 aliphatic rings. The molecule has 1 rings (SSSR count). The van der Waals surface area contributed by atoms with E-state index in [4.69, 9.17) is 21.9 Å². The number of methoxy groups -OCH3 is 1. The van der Waals surface area contributed by atoms with Crippen LogP contribution < -0.4 is 5.73 Å². The standard InChI is InChI=1S/C10H10ClNO5S/c1-17-10(14)6-3-2-5(4-18(15)16)7(8(6)11)9(12)13/h2-3H,4H2,1H3,(H2,12,13)(H,15,16). The predicted octanol–water partition coefficient (Wildman–Crippen LogP) is 0.947. The number of nitrogens with two attached hydrogens (primary N) is 1. The fraction of sp³-hybridized carbons (Fsp3) is 0.200. The van der Waals surface area contributed by atoms with E-state index in [-0.39, 0.29) is 27.5 Å². The van der Waals surface area contributed by atoms with Gasteiger partial charge in [-0.2, -0.15) is 0 Å². The molecule has 0 saturated carbocycles. The minimum atomic E-state index is -2.15. The summed E-state index contributed by atoms with van der Waals surface area (Å²) in [5, 5.41) is -0.183. The Morgan fingerprint density at radius 1 is 1.50 bits per heavy atom. The molecule has 8 heteroatoms. The van der Waals surface area contributed by atoms with E-state index in [1.807, 2.05) is 0 Å². The summed E-state index contributed by atoms with van der Waals surface area (Å²) in [7, 11) is 1.17. The number of hydrogen-bond donors (Lipinski definition) is 2. The average molecular weight is 292 g/mol. The molecule has 0 fully saturated rings. The molecular weight excluding hydrogens is 282 g/mol. The van der Waals surface area contributed by atoms with E-state index in [1.54, 1.807) is 0 Å². The highest BCUT2D eigenvalue weighted by Gasteiger charge is 2.21. The van der Waals surface area contributed by atoms with Crippen molar-refractivity contribution in [2.45, 2.75) is 5.75 Å². The average Bonchev–Trinajstić information content (AvgIpc) is 2.27.